The number of amides is 1. The lowest BCUT2D eigenvalue weighted by atomic mass is 9.97. The van der Waals surface area contributed by atoms with Crippen LogP contribution in [-0.2, 0) is 20.9 Å². The van der Waals surface area contributed by atoms with Gasteiger partial charge >= 0.3 is 0 Å². The molecule has 0 spiro atoms. The van der Waals surface area contributed by atoms with Gasteiger partial charge < -0.3 is 30.1 Å². The third-order valence-corrected chi connectivity index (χ3v) is 3.51. The molecule has 1 aromatic rings. The third-order valence-electron chi connectivity index (χ3n) is 3.51. The summed E-state index contributed by atoms with van der Waals surface area (Å²) in [5, 5.41) is 31.7. The van der Waals surface area contributed by atoms with Gasteiger partial charge in [0, 0.05) is 6.92 Å². The number of carbonyl (C=O) groups is 1. The summed E-state index contributed by atoms with van der Waals surface area (Å²) in [5.74, 6) is -0.379. The quantitative estimate of drug-likeness (QED) is 0.564. The Labute approximate surface area is 128 Å². The molecule has 0 bridgehead atoms. The molecule has 1 aliphatic rings. The molecule has 0 saturated carbocycles. The van der Waals surface area contributed by atoms with E-state index in [1.807, 2.05) is 30.3 Å². The van der Waals surface area contributed by atoms with E-state index < -0.39 is 37.3 Å². The smallest absolute Gasteiger partial charge is 0.217 e. The number of ether oxygens (including phenoxy) is 2. The molecule has 2 rings (SSSR count). The van der Waals surface area contributed by atoms with E-state index in [0.717, 1.165) is 5.56 Å². The van der Waals surface area contributed by atoms with Crippen molar-refractivity contribution < 1.29 is 29.6 Å². The second kappa shape index (κ2) is 7.66. The molecule has 5 atom stereocenters. The van der Waals surface area contributed by atoms with Gasteiger partial charge in [0.2, 0.25) is 5.91 Å². The first-order valence-electron chi connectivity index (χ1n) is 7.08. The third kappa shape index (κ3) is 4.02. The second-order valence-electron chi connectivity index (χ2n) is 5.23. The number of aliphatic hydroxyl groups excluding tert-OH is 3. The Morgan fingerprint density at radius 1 is 1.27 bits per heavy atom. The van der Waals surface area contributed by atoms with Gasteiger partial charge in [-0.15, -0.1) is 0 Å². The summed E-state index contributed by atoms with van der Waals surface area (Å²) < 4.78 is 11.1. The van der Waals surface area contributed by atoms with E-state index in [0.29, 0.717) is 0 Å². The fourth-order valence-corrected chi connectivity index (χ4v) is 2.37. The van der Waals surface area contributed by atoms with Crippen LogP contribution in [0.3, 0.4) is 0 Å². The van der Waals surface area contributed by atoms with Gasteiger partial charge in [-0.3, -0.25) is 4.79 Å². The molecule has 22 heavy (non-hydrogen) atoms. The summed E-state index contributed by atoms with van der Waals surface area (Å²) in [6.45, 7) is 1.05. The first-order valence-corrected chi connectivity index (χ1v) is 7.08. The topological polar surface area (TPSA) is 108 Å². The van der Waals surface area contributed by atoms with E-state index in [-0.39, 0.29) is 12.5 Å². The number of nitrogens with one attached hydrogen (secondary N) is 1. The monoisotopic (exact) mass is 311 g/mol. The summed E-state index contributed by atoms with van der Waals surface area (Å²) in [7, 11) is 0. The van der Waals surface area contributed by atoms with Crippen molar-refractivity contribution >= 4 is 5.91 Å². The van der Waals surface area contributed by atoms with Crippen LogP contribution in [-0.4, -0.2) is 58.5 Å². The highest BCUT2D eigenvalue weighted by molar-refractivity contribution is 5.73. The molecule has 4 N–H and O–H groups in total. The van der Waals surface area contributed by atoms with Crippen molar-refractivity contribution in [2.24, 2.45) is 0 Å². The lowest BCUT2D eigenvalue weighted by Gasteiger charge is -2.42. The number of rotatable bonds is 5. The van der Waals surface area contributed by atoms with Crippen molar-refractivity contribution in [1.29, 1.82) is 0 Å². The molecule has 0 unspecified atom stereocenters. The number of aliphatic hydroxyl groups is 3. The summed E-state index contributed by atoms with van der Waals surface area (Å²) in [4.78, 5) is 11.3. The van der Waals surface area contributed by atoms with Crippen molar-refractivity contribution in [1.82, 2.24) is 5.32 Å². The van der Waals surface area contributed by atoms with E-state index in [1.165, 1.54) is 6.92 Å². The maximum atomic E-state index is 11.3. The normalized spacial score (nSPS) is 31.7. The summed E-state index contributed by atoms with van der Waals surface area (Å²) >= 11 is 0. The predicted octanol–water partition coefficient (Wildman–Crippen LogP) is -0.853. The fraction of sp³-hybridized carbons (Fsp3) is 0.533. The van der Waals surface area contributed by atoms with Crippen LogP contribution in [0.5, 0.6) is 0 Å². The van der Waals surface area contributed by atoms with Gasteiger partial charge in [0.05, 0.1) is 13.2 Å². The van der Waals surface area contributed by atoms with Gasteiger partial charge in [0.15, 0.2) is 6.29 Å². The number of hydrogen-bond donors (Lipinski definition) is 4. The Morgan fingerprint density at radius 2 is 1.95 bits per heavy atom. The van der Waals surface area contributed by atoms with Crippen molar-refractivity contribution in [3.8, 4) is 0 Å². The average molecular weight is 311 g/mol. The molecular weight excluding hydrogens is 290 g/mol. The first kappa shape index (κ1) is 16.9. The maximum absolute atomic E-state index is 11.3. The zero-order chi connectivity index (χ0) is 16.1. The first-order chi connectivity index (χ1) is 10.5. The van der Waals surface area contributed by atoms with E-state index in [1.54, 1.807) is 0 Å². The van der Waals surface area contributed by atoms with Crippen LogP contribution in [0.4, 0.5) is 0 Å². The van der Waals surface area contributed by atoms with Gasteiger partial charge in [0.25, 0.3) is 0 Å². The Balaban J connectivity index is 2.07. The summed E-state index contributed by atoms with van der Waals surface area (Å²) in [6, 6.07) is 8.42. The molecule has 1 aromatic carbocycles. The molecule has 122 valence electrons. The van der Waals surface area contributed by atoms with Crippen LogP contribution in [0.25, 0.3) is 0 Å². The van der Waals surface area contributed by atoms with Crippen LogP contribution in [0.15, 0.2) is 30.3 Å². The molecule has 7 nitrogen and oxygen atoms in total. The van der Waals surface area contributed by atoms with Crippen LogP contribution >= 0.6 is 0 Å². The highest BCUT2D eigenvalue weighted by Gasteiger charge is 2.45. The zero-order valence-corrected chi connectivity index (χ0v) is 12.3. The molecule has 1 amide bonds. The van der Waals surface area contributed by atoms with Crippen LogP contribution in [0.1, 0.15) is 12.5 Å². The molecule has 1 aliphatic heterocycles. The molecule has 1 saturated heterocycles. The molecule has 0 aromatic heterocycles. The Bertz CT molecular complexity index is 482. The van der Waals surface area contributed by atoms with E-state index in [4.69, 9.17) is 9.47 Å². The van der Waals surface area contributed by atoms with Gasteiger partial charge in [-0.2, -0.15) is 0 Å². The average Bonchev–Trinajstić information content (AvgIpc) is 2.52. The van der Waals surface area contributed by atoms with Crippen molar-refractivity contribution in [3.63, 3.8) is 0 Å². The molecule has 1 heterocycles. The second-order valence-corrected chi connectivity index (χ2v) is 5.23. The van der Waals surface area contributed by atoms with E-state index in [2.05, 4.69) is 5.32 Å². The molecule has 0 radical (unpaired) electrons. The number of benzene rings is 1. The van der Waals surface area contributed by atoms with Crippen LogP contribution in [0, 0.1) is 0 Å². The maximum Gasteiger partial charge on any atom is 0.217 e. The zero-order valence-electron chi connectivity index (χ0n) is 12.3. The van der Waals surface area contributed by atoms with Gasteiger partial charge in [-0.1, -0.05) is 30.3 Å². The molecular formula is C15H21NO6. The molecule has 7 heteroatoms. The molecule has 0 aliphatic carbocycles. The minimum atomic E-state index is -1.31. The predicted molar refractivity (Wildman–Crippen MR) is 76.6 cm³/mol. The lowest BCUT2D eigenvalue weighted by molar-refractivity contribution is -0.273. The largest absolute Gasteiger partial charge is 0.394 e. The number of hydrogen-bond acceptors (Lipinski definition) is 6. The van der Waals surface area contributed by atoms with Crippen molar-refractivity contribution in [3.05, 3.63) is 35.9 Å². The SMILES string of the molecule is CC(=O)N[C@H]1[C@@H](OCc2ccccc2)O[C@H](CO)[C@H](O)[C@H]1O. The standard InChI is InChI=1S/C15H21NO6/c1-9(18)16-12-14(20)13(19)11(7-17)22-15(12)21-8-10-5-3-2-4-6-10/h2-6,11-15,17,19-20H,7-8H2,1H3,(H,16,18)/t11-,12-,13+,14+,15+/m1/s1. The van der Waals surface area contributed by atoms with Crippen LogP contribution in [0.2, 0.25) is 0 Å². The van der Waals surface area contributed by atoms with Crippen molar-refractivity contribution in [2.45, 2.75) is 44.2 Å². The molecule has 1 fully saturated rings. The summed E-state index contributed by atoms with van der Waals surface area (Å²) in [6.07, 6.45) is -4.55. The van der Waals surface area contributed by atoms with Crippen LogP contribution < -0.4 is 5.32 Å². The highest BCUT2D eigenvalue weighted by atomic mass is 16.7. The van der Waals surface area contributed by atoms with E-state index in [9.17, 15) is 20.1 Å². The minimum absolute atomic E-state index is 0.211. The Morgan fingerprint density at radius 3 is 2.55 bits per heavy atom. The van der Waals surface area contributed by atoms with Crippen molar-refractivity contribution in [2.75, 3.05) is 6.61 Å². The van der Waals surface area contributed by atoms with E-state index >= 15 is 0 Å². The van der Waals surface area contributed by atoms with Gasteiger partial charge in [-0.05, 0) is 5.56 Å². The van der Waals surface area contributed by atoms with Gasteiger partial charge in [0.1, 0.15) is 24.4 Å². The highest BCUT2D eigenvalue weighted by Crippen LogP contribution is 2.23. The lowest BCUT2D eigenvalue weighted by Crippen LogP contribution is -2.64. The van der Waals surface area contributed by atoms with Gasteiger partial charge in [-0.25, -0.2) is 0 Å². The minimum Gasteiger partial charge on any atom is -0.394 e. The Hall–Kier alpha value is -1.51. The number of carbonyl (C=O) groups excluding carboxylic acids is 1. The Kier molecular flexibility index (Phi) is 5.87. The fourth-order valence-electron chi connectivity index (χ4n) is 2.37. The summed E-state index contributed by atoms with van der Waals surface area (Å²) in [5.41, 5.74) is 0.897.